The zero-order valence-corrected chi connectivity index (χ0v) is 6.98. The van der Waals surface area contributed by atoms with Gasteiger partial charge in [0.25, 0.3) is 0 Å². The molecular weight excluding hydrogens is 235 g/mol. The summed E-state index contributed by atoms with van der Waals surface area (Å²) in [6.45, 7) is -3.25. The number of aromatic nitrogens is 2. The van der Waals surface area contributed by atoms with Gasteiger partial charge in [-0.15, -0.1) is 13.2 Å². The maximum Gasteiger partial charge on any atom is 0.574 e. The molecule has 1 heterocycles. The van der Waals surface area contributed by atoms with Crippen molar-refractivity contribution in [1.29, 1.82) is 0 Å². The molecule has 1 aromatic heterocycles. The molecule has 0 bridgehead atoms. The van der Waals surface area contributed by atoms with E-state index < -0.39 is 23.8 Å². The minimum Gasteiger partial charge on any atom is -0.386 e. The van der Waals surface area contributed by atoms with Gasteiger partial charge in [0.05, 0.1) is 6.20 Å². The summed E-state index contributed by atoms with van der Waals surface area (Å²) < 4.78 is 62.0. The molecule has 0 radical (unpaired) electrons. The lowest BCUT2D eigenvalue weighted by atomic mass is 10.7. The summed E-state index contributed by atoms with van der Waals surface area (Å²) in [5.74, 6) is -1.23. The molecule has 9 heteroatoms. The van der Waals surface area contributed by atoms with Crippen LogP contribution in [-0.4, -0.2) is 16.1 Å². The van der Waals surface area contributed by atoms with E-state index in [1.165, 1.54) is 0 Å². The second-order valence-corrected chi connectivity index (χ2v) is 2.47. The highest BCUT2D eigenvalue weighted by molar-refractivity contribution is 6.31. The van der Waals surface area contributed by atoms with Crippen molar-refractivity contribution in [2.75, 3.05) is 0 Å². The first-order valence-electron chi connectivity index (χ1n) is 3.08. The molecule has 0 aliphatic heterocycles. The zero-order chi connectivity index (χ0) is 10.9. The molecule has 1 rings (SSSR count). The van der Waals surface area contributed by atoms with E-state index in [4.69, 9.17) is 11.6 Å². The van der Waals surface area contributed by atoms with Gasteiger partial charge in [0, 0.05) is 0 Å². The van der Waals surface area contributed by atoms with Crippen LogP contribution >= 0.6 is 11.6 Å². The highest BCUT2D eigenvalue weighted by Gasteiger charge is 2.35. The molecule has 0 saturated heterocycles. The molecule has 80 valence electrons. The summed E-state index contributed by atoms with van der Waals surface area (Å²) in [5.41, 5.74) is 0. The van der Waals surface area contributed by atoms with Crippen molar-refractivity contribution in [1.82, 2.24) is 9.78 Å². The number of nitrogens with zero attached hydrogens (tertiary/aromatic N) is 2. The Bertz CT molecular complexity index is 322. The van der Waals surface area contributed by atoms with Crippen molar-refractivity contribution in [3.8, 4) is 5.88 Å². The van der Waals surface area contributed by atoms with E-state index in [-0.39, 0.29) is 4.68 Å². The highest BCUT2D eigenvalue weighted by atomic mass is 35.5. The van der Waals surface area contributed by atoms with Gasteiger partial charge in [-0.1, -0.05) is 11.6 Å². The fraction of sp³-hybridized carbons (Fsp3) is 0.400. The normalized spacial score (nSPS) is 12.2. The van der Waals surface area contributed by atoms with Crippen LogP contribution in [0.15, 0.2) is 6.20 Å². The van der Waals surface area contributed by atoms with E-state index in [2.05, 4.69) is 9.84 Å². The van der Waals surface area contributed by atoms with Crippen LogP contribution in [0.1, 0.15) is 6.55 Å². The molecule has 0 aromatic carbocycles. The van der Waals surface area contributed by atoms with Gasteiger partial charge in [-0.25, -0.2) is 0 Å². The van der Waals surface area contributed by atoms with Crippen LogP contribution in [0, 0.1) is 0 Å². The average molecular weight is 237 g/mol. The van der Waals surface area contributed by atoms with Crippen molar-refractivity contribution in [2.45, 2.75) is 12.9 Å². The van der Waals surface area contributed by atoms with Gasteiger partial charge in [0.15, 0.2) is 0 Å². The number of alkyl halides is 5. The molecule has 3 nitrogen and oxygen atoms in total. The molecule has 0 unspecified atom stereocenters. The lowest BCUT2D eigenvalue weighted by Gasteiger charge is -2.10. The summed E-state index contributed by atoms with van der Waals surface area (Å²) >= 11 is 5.15. The third-order valence-electron chi connectivity index (χ3n) is 1.11. The molecule has 1 aromatic rings. The first-order valence-corrected chi connectivity index (χ1v) is 3.46. The minimum atomic E-state index is -5.09. The smallest absolute Gasteiger partial charge is 0.386 e. The molecule has 0 aliphatic carbocycles. The Balaban J connectivity index is 3.00. The third-order valence-corrected chi connectivity index (χ3v) is 1.36. The van der Waals surface area contributed by atoms with Gasteiger partial charge in [0.2, 0.25) is 5.88 Å². The quantitative estimate of drug-likeness (QED) is 0.739. The Hall–Kier alpha value is -1.05. The Morgan fingerprint density at radius 2 is 2.00 bits per heavy atom. The van der Waals surface area contributed by atoms with Crippen LogP contribution in [0.2, 0.25) is 5.02 Å². The average Bonchev–Trinajstić information content (AvgIpc) is 2.29. The predicted octanol–water partition coefficient (Wildman–Crippen LogP) is 2.83. The molecule has 0 saturated carbocycles. The lowest BCUT2D eigenvalue weighted by molar-refractivity contribution is -0.278. The zero-order valence-electron chi connectivity index (χ0n) is 6.23. The molecule has 0 fully saturated rings. The molecule has 0 amide bonds. The van der Waals surface area contributed by atoms with E-state index in [9.17, 15) is 22.0 Å². The Kier molecular flexibility index (Phi) is 2.84. The molecule has 0 N–H and O–H groups in total. The lowest BCUT2D eigenvalue weighted by Crippen LogP contribution is -2.20. The van der Waals surface area contributed by atoms with Crippen molar-refractivity contribution in [3.05, 3.63) is 11.2 Å². The summed E-state index contributed by atoms with van der Waals surface area (Å²) in [5, 5.41) is 2.27. The van der Waals surface area contributed by atoms with Crippen molar-refractivity contribution < 1.29 is 26.7 Å². The van der Waals surface area contributed by atoms with Gasteiger partial charge in [0.1, 0.15) is 5.02 Å². The summed E-state index contributed by atoms with van der Waals surface area (Å²) in [7, 11) is 0. The van der Waals surface area contributed by atoms with Crippen LogP contribution in [0.4, 0.5) is 22.0 Å². The molecule has 0 aliphatic rings. The second kappa shape index (κ2) is 3.60. The van der Waals surface area contributed by atoms with Crippen LogP contribution in [-0.2, 0) is 0 Å². The number of hydrogen-bond acceptors (Lipinski definition) is 2. The maximum atomic E-state index is 12.0. The van der Waals surface area contributed by atoms with E-state index >= 15 is 0 Å². The third kappa shape index (κ3) is 2.47. The standard InChI is InChI=1S/C5H2ClF5N2O/c6-2-1-12-13(4(7)8)3(2)14-5(9,10)11/h1,4H. The topological polar surface area (TPSA) is 27.1 Å². The number of ether oxygens (including phenoxy) is 1. The first kappa shape index (κ1) is 11.0. The molecule has 0 spiro atoms. The van der Waals surface area contributed by atoms with E-state index in [1.807, 2.05) is 0 Å². The summed E-state index contributed by atoms with van der Waals surface area (Å²) in [6.07, 6.45) is -4.45. The Labute approximate surface area is 79.0 Å². The fourth-order valence-electron chi connectivity index (χ4n) is 0.674. The second-order valence-electron chi connectivity index (χ2n) is 2.07. The van der Waals surface area contributed by atoms with E-state index in [1.54, 1.807) is 0 Å². The van der Waals surface area contributed by atoms with Gasteiger partial charge in [-0.2, -0.15) is 18.6 Å². The Morgan fingerprint density at radius 3 is 2.43 bits per heavy atom. The first-order chi connectivity index (χ1) is 6.31. The van der Waals surface area contributed by atoms with Gasteiger partial charge < -0.3 is 4.74 Å². The number of rotatable bonds is 2. The molecule has 0 atom stereocenters. The number of halogens is 6. The fourth-order valence-corrected chi connectivity index (χ4v) is 0.843. The van der Waals surface area contributed by atoms with Crippen molar-refractivity contribution in [3.63, 3.8) is 0 Å². The van der Waals surface area contributed by atoms with Gasteiger partial charge in [-0.05, 0) is 0 Å². The SMILES string of the molecule is FC(F)n1ncc(Cl)c1OC(F)(F)F. The molecular formula is C5H2ClF5N2O. The van der Waals surface area contributed by atoms with Crippen LogP contribution in [0.3, 0.4) is 0 Å². The van der Waals surface area contributed by atoms with Crippen molar-refractivity contribution >= 4 is 11.6 Å². The van der Waals surface area contributed by atoms with E-state index in [0.29, 0.717) is 6.20 Å². The van der Waals surface area contributed by atoms with E-state index in [0.717, 1.165) is 0 Å². The largest absolute Gasteiger partial charge is 0.574 e. The van der Waals surface area contributed by atoms with Crippen LogP contribution in [0.25, 0.3) is 0 Å². The monoisotopic (exact) mass is 236 g/mol. The van der Waals surface area contributed by atoms with Gasteiger partial charge in [-0.3, -0.25) is 0 Å². The molecule has 14 heavy (non-hydrogen) atoms. The van der Waals surface area contributed by atoms with Crippen molar-refractivity contribution in [2.24, 2.45) is 0 Å². The van der Waals surface area contributed by atoms with Gasteiger partial charge >= 0.3 is 12.9 Å². The van der Waals surface area contributed by atoms with Crippen LogP contribution < -0.4 is 4.74 Å². The highest BCUT2D eigenvalue weighted by Crippen LogP contribution is 2.32. The number of hydrogen-bond donors (Lipinski definition) is 0. The maximum absolute atomic E-state index is 12.0. The Morgan fingerprint density at radius 1 is 1.43 bits per heavy atom. The summed E-state index contributed by atoms with van der Waals surface area (Å²) in [4.78, 5) is 0. The summed E-state index contributed by atoms with van der Waals surface area (Å²) in [6, 6.07) is 0. The van der Waals surface area contributed by atoms with Crippen LogP contribution in [0.5, 0.6) is 5.88 Å². The minimum absolute atomic E-state index is 0.268. The predicted molar refractivity (Wildman–Crippen MR) is 35.2 cm³/mol.